The van der Waals surface area contributed by atoms with E-state index in [2.05, 4.69) is 16.3 Å². The Labute approximate surface area is 157 Å². The van der Waals surface area contributed by atoms with E-state index in [0.717, 1.165) is 30.8 Å². The Morgan fingerprint density at radius 1 is 1.31 bits per heavy atom. The van der Waals surface area contributed by atoms with E-state index in [4.69, 9.17) is 5.14 Å². The van der Waals surface area contributed by atoms with E-state index < -0.39 is 10.0 Å². The van der Waals surface area contributed by atoms with Crippen LogP contribution in [-0.2, 0) is 34.2 Å². The summed E-state index contributed by atoms with van der Waals surface area (Å²) in [6, 6.07) is 6.91. The summed E-state index contributed by atoms with van der Waals surface area (Å²) >= 11 is 1.78. The number of nitrogens with zero attached hydrogens (tertiary/aromatic N) is 2. The predicted molar refractivity (Wildman–Crippen MR) is 102 cm³/mol. The fourth-order valence-corrected chi connectivity index (χ4v) is 5.33. The van der Waals surface area contributed by atoms with Gasteiger partial charge >= 0.3 is 0 Å². The molecule has 1 atom stereocenters. The van der Waals surface area contributed by atoms with Gasteiger partial charge in [-0.1, -0.05) is 0 Å². The second-order valence-corrected chi connectivity index (χ2v) is 9.54. The molecule has 1 aromatic heterocycles. The predicted octanol–water partition coefficient (Wildman–Crippen LogP) is 1.73. The molecule has 4 rings (SSSR count). The fraction of sp³-hybridized carbons (Fsp3) is 0.389. The van der Waals surface area contributed by atoms with Crippen LogP contribution in [-0.4, -0.2) is 38.4 Å². The number of primary sulfonamides is 1. The number of rotatable bonds is 3. The van der Waals surface area contributed by atoms with Crippen LogP contribution in [0.25, 0.3) is 0 Å². The smallest absolute Gasteiger partial charge is 0.241 e. The molecule has 0 unspecified atom stereocenters. The van der Waals surface area contributed by atoms with Gasteiger partial charge in [0.1, 0.15) is 0 Å². The molecule has 3 heterocycles. The van der Waals surface area contributed by atoms with Crippen molar-refractivity contribution < 1.29 is 13.2 Å². The van der Waals surface area contributed by atoms with E-state index >= 15 is 0 Å². The Morgan fingerprint density at radius 2 is 2.12 bits per heavy atom. The summed E-state index contributed by atoms with van der Waals surface area (Å²) in [4.78, 5) is 18.5. The Morgan fingerprint density at radius 3 is 2.88 bits per heavy atom. The molecule has 0 fully saturated rings. The van der Waals surface area contributed by atoms with Crippen LogP contribution >= 0.6 is 11.3 Å². The molecule has 6 nitrogen and oxygen atoms in total. The summed E-state index contributed by atoms with van der Waals surface area (Å²) < 4.78 is 23.1. The first-order chi connectivity index (χ1) is 12.3. The summed E-state index contributed by atoms with van der Waals surface area (Å²) in [7, 11) is -3.74. The van der Waals surface area contributed by atoms with Crippen molar-refractivity contribution >= 4 is 33.0 Å². The molecule has 0 saturated heterocycles. The van der Waals surface area contributed by atoms with Crippen molar-refractivity contribution in [3.05, 3.63) is 45.6 Å². The van der Waals surface area contributed by atoms with E-state index in [9.17, 15) is 13.2 Å². The maximum atomic E-state index is 13.0. The zero-order valence-corrected chi connectivity index (χ0v) is 16.1. The van der Waals surface area contributed by atoms with Crippen LogP contribution < -0.4 is 10.0 Å². The molecule has 8 heteroatoms. The van der Waals surface area contributed by atoms with E-state index in [0.29, 0.717) is 13.0 Å². The summed E-state index contributed by atoms with van der Waals surface area (Å²) in [5.74, 6) is 0.0540. The fourth-order valence-electron chi connectivity index (χ4n) is 3.87. The monoisotopic (exact) mass is 391 g/mol. The second-order valence-electron chi connectivity index (χ2n) is 6.98. The number of carbonyl (C=O) groups is 1. The molecule has 0 bridgehead atoms. The van der Waals surface area contributed by atoms with Gasteiger partial charge in [-0.2, -0.15) is 0 Å². The number of anilines is 1. The molecule has 2 aliphatic heterocycles. The largest absolute Gasteiger partial charge is 0.308 e. The first-order valence-corrected chi connectivity index (χ1v) is 11.0. The maximum Gasteiger partial charge on any atom is 0.241 e. The van der Waals surface area contributed by atoms with Gasteiger partial charge in [-0.3, -0.25) is 9.69 Å². The van der Waals surface area contributed by atoms with Crippen LogP contribution in [0.5, 0.6) is 0 Å². The third-order valence-corrected chi connectivity index (χ3v) is 7.04. The van der Waals surface area contributed by atoms with Crippen LogP contribution in [0, 0.1) is 0 Å². The van der Waals surface area contributed by atoms with Gasteiger partial charge in [0.05, 0.1) is 11.4 Å². The van der Waals surface area contributed by atoms with Crippen LogP contribution in [0.3, 0.4) is 0 Å². The number of hydrogen-bond acceptors (Lipinski definition) is 5. The molecule has 0 radical (unpaired) electrons. The molecule has 1 amide bonds. The van der Waals surface area contributed by atoms with Gasteiger partial charge in [-0.25, -0.2) is 13.6 Å². The van der Waals surface area contributed by atoms with Crippen molar-refractivity contribution in [2.75, 3.05) is 18.0 Å². The number of thiophene rings is 1. The lowest BCUT2D eigenvalue weighted by molar-refractivity contribution is -0.120. The van der Waals surface area contributed by atoms with E-state index in [1.54, 1.807) is 28.4 Å². The minimum Gasteiger partial charge on any atom is -0.308 e. The molecule has 0 saturated carbocycles. The molecule has 2 N–H and O–H groups in total. The molecule has 0 spiro atoms. The molecule has 2 aliphatic rings. The van der Waals surface area contributed by atoms with Crippen molar-refractivity contribution in [3.63, 3.8) is 0 Å². The minimum absolute atomic E-state index is 0.00901. The Balaban J connectivity index is 1.53. The third kappa shape index (κ3) is 3.18. The van der Waals surface area contributed by atoms with Crippen molar-refractivity contribution in [1.82, 2.24) is 4.90 Å². The van der Waals surface area contributed by atoms with Gasteiger partial charge in [-0.05, 0) is 60.5 Å². The van der Waals surface area contributed by atoms with Crippen LogP contribution in [0.15, 0.2) is 34.5 Å². The van der Waals surface area contributed by atoms with Crippen molar-refractivity contribution in [1.29, 1.82) is 0 Å². The van der Waals surface area contributed by atoms with Crippen LogP contribution in [0.1, 0.15) is 22.9 Å². The molecule has 1 aromatic carbocycles. The summed E-state index contributed by atoms with van der Waals surface area (Å²) in [6.07, 6.45) is 1.63. The SMILES string of the molecule is C[C@@H]1Cc2cc(S(N)(=O)=O)ccc2N1C(=O)CN1CCc2sccc2C1. The van der Waals surface area contributed by atoms with Gasteiger partial charge in [0, 0.05) is 29.7 Å². The van der Waals surface area contributed by atoms with Crippen molar-refractivity contribution in [3.8, 4) is 0 Å². The van der Waals surface area contributed by atoms with Gasteiger partial charge in [-0.15, -0.1) is 11.3 Å². The molecule has 0 aliphatic carbocycles. The highest BCUT2D eigenvalue weighted by Gasteiger charge is 2.33. The lowest BCUT2D eigenvalue weighted by atomic mass is 10.1. The number of benzene rings is 1. The summed E-state index contributed by atoms with van der Waals surface area (Å²) in [5, 5.41) is 7.33. The van der Waals surface area contributed by atoms with Gasteiger partial charge in [0.2, 0.25) is 15.9 Å². The van der Waals surface area contributed by atoms with E-state index in [1.165, 1.54) is 16.5 Å². The molecular weight excluding hydrogens is 370 g/mol. The minimum atomic E-state index is -3.74. The van der Waals surface area contributed by atoms with Crippen LogP contribution in [0.2, 0.25) is 0 Å². The highest BCUT2D eigenvalue weighted by atomic mass is 32.2. The molecule has 138 valence electrons. The standard InChI is InChI=1S/C18H21N3O3S2/c1-12-8-14-9-15(26(19,23)24)2-3-16(14)21(12)18(22)11-20-6-4-17-13(10-20)5-7-25-17/h2-3,5,7,9,12H,4,6,8,10-11H2,1H3,(H2,19,23,24)/t12-/m1/s1. The molecule has 2 aromatic rings. The Kier molecular flexibility index (Phi) is 4.38. The van der Waals surface area contributed by atoms with E-state index in [-0.39, 0.29) is 16.8 Å². The van der Waals surface area contributed by atoms with Gasteiger partial charge < -0.3 is 4.90 Å². The Bertz CT molecular complexity index is 968. The maximum absolute atomic E-state index is 13.0. The Hall–Kier alpha value is -1.74. The summed E-state index contributed by atoms with van der Waals surface area (Å²) in [6.45, 7) is 4.06. The lowest BCUT2D eigenvalue weighted by Crippen LogP contribution is -2.44. The molecule has 26 heavy (non-hydrogen) atoms. The average Bonchev–Trinajstić information content (AvgIpc) is 3.15. The lowest BCUT2D eigenvalue weighted by Gasteiger charge is -2.30. The van der Waals surface area contributed by atoms with E-state index in [1.807, 2.05) is 6.92 Å². The van der Waals surface area contributed by atoms with Crippen LogP contribution in [0.4, 0.5) is 5.69 Å². The highest BCUT2D eigenvalue weighted by molar-refractivity contribution is 7.89. The quantitative estimate of drug-likeness (QED) is 0.864. The summed E-state index contributed by atoms with van der Waals surface area (Å²) in [5.41, 5.74) is 2.97. The molecular formula is C18H21N3O3S2. The first kappa shape index (κ1) is 17.7. The van der Waals surface area contributed by atoms with Crippen molar-refractivity contribution in [2.45, 2.75) is 37.2 Å². The number of amides is 1. The average molecular weight is 392 g/mol. The van der Waals surface area contributed by atoms with Gasteiger partial charge in [0.15, 0.2) is 0 Å². The highest BCUT2D eigenvalue weighted by Crippen LogP contribution is 2.34. The number of carbonyl (C=O) groups excluding carboxylic acids is 1. The zero-order valence-electron chi connectivity index (χ0n) is 14.5. The second kappa shape index (κ2) is 6.45. The number of sulfonamides is 1. The number of hydrogen-bond donors (Lipinski definition) is 1. The first-order valence-electron chi connectivity index (χ1n) is 8.58. The topological polar surface area (TPSA) is 83.7 Å². The number of fused-ring (bicyclic) bond motifs is 2. The third-order valence-electron chi connectivity index (χ3n) is 5.11. The number of nitrogens with two attached hydrogens (primary N) is 1. The normalized spacial score (nSPS) is 20.1. The van der Waals surface area contributed by atoms with Crippen molar-refractivity contribution in [2.24, 2.45) is 5.14 Å². The van der Waals surface area contributed by atoms with Gasteiger partial charge in [0.25, 0.3) is 0 Å². The zero-order chi connectivity index (χ0) is 18.5.